The Kier molecular flexibility index (Phi) is 6.60. The number of rotatable bonds is 5. The van der Waals surface area contributed by atoms with Crippen molar-refractivity contribution in [3.8, 4) is 0 Å². The van der Waals surface area contributed by atoms with Crippen LogP contribution in [-0.4, -0.2) is 47.5 Å². The lowest BCUT2D eigenvalue weighted by Gasteiger charge is -2.11. The summed E-state index contributed by atoms with van der Waals surface area (Å²) in [5.74, 6) is -0.279. The fourth-order valence-corrected chi connectivity index (χ4v) is 1.99. The monoisotopic (exact) mass is 318 g/mol. The van der Waals surface area contributed by atoms with Gasteiger partial charge in [0.1, 0.15) is 12.6 Å². The molecule has 118 valence electrons. The Morgan fingerprint density at radius 3 is 2.95 bits per heavy atom. The number of carbonyl (C=O) groups is 2. The number of halogens is 1. The van der Waals surface area contributed by atoms with E-state index in [1.165, 1.54) is 11.8 Å². The number of carbonyl (C=O) groups excluding carboxylic acids is 2. The highest BCUT2D eigenvalue weighted by Crippen LogP contribution is 2.20. The zero-order chi connectivity index (χ0) is 14.5. The molecule has 9 heteroatoms. The molecule has 1 fully saturated rings. The molecular formula is C12H19ClN4O4. The predicted octanol–water partition coefficient (Wildman–Crippen LogP) is -0.0773. The molecule has 8 nitrogen and oxygen atoms in total. The molecule has 1 aromatic heterocycles. The van der Waals surface area contributed by atoms with E-state index in [0.717, 1.165) is 6.42 Å². The lowest BCUT2D eigenvalue weighted by atomic mass is 10.2. The van der Waals surface area contributed by atoms with Crippen molar-refractivity contribution in [1.29, 1.82) is 0 Å². The summed E-state index contributed by atoms with van der Waals surface area (Å²) in [6, 6.07) is 1.61. The second-order valence-corrected chi connectivity index (χ2v) is 4.52. The van der Waals surface area contributed by atoms with Gasteiger partial charge in [0.05, 0.1) is 13.2 Å². The number of nitrogens with one attached hydrogen (secondary N) is 1. The summed E-state index contributed by atoms with van der Waals surface area (Å²) in [4.78, 5) is 23.0. The maximum atomic E-state index is 11.9. The van der Waals surface area contributed by atoms with Crippen molar-refractivity contribution in [2.45, 2.75) is 31.6 Å². The second-order valence-electron chi connectivity index (χ2n) is 4.52. The molecule has 1 aliphatic rings. The quantitative estimate of drug-likeness (QED) is 0.735. The lowest BCUT2D eigenvalue weighted by molar-refractivity contribution is -0.141. The molecule has 2 atom stereocenters. The predicted molar refractivity (Wildman–Crippen MR) is 77.1 cm³/mol. The first-order valence-corrected chi connectivity index (χ1v) is 6.39. The number of anilines is 1. The van der Waals surface area contributed by atoms with Crippen LogP contribution in [0.4, 0.5) is 5.82 Å². The molecule has 0 aliphatic carbocycles. The Hall–Kier alpha value is -1.64. The van der Waals surface area contributed by atoms with Crippen LogP contribution < -0.4 is 11.1 Å². The van der Waals surface area contributed by atoms with Crippen LogP contribution in [0.3, 0.4) is 0 Å². The molecule has 1 amide bonds. The van der Waals surface area contributed by atoms with E-state index >= 15 is 0 Å². The van der Waals surface area contributed by atoms with Crippen molar-refractivity contribution in [3.63, 3.8) is 0 Å². The zero-order valence-electron chi connectivity index (χ0n) is 11.7. The summed E-state index contributed by atoms with van der Waals surface area (Å²) in [5, 5.41) is 6.70. The second kappa shape index (κ2) is 7.96. The molecule has 21 heavy (non-hydrogen) atoms. The molecule has 1 saturated heterocycles. The van der Waals surface area contributed by atoms with Gasteiger partial charge in [-0.15, -0.1) is 12.4 Å². The molecule has 2 rings (SSSR count). The summed E-state index contributed by atoms with van der Waals surface area (Å²) in [5.41, 5.74) is 5.50. The number of aromatic nitrogens is 2. The number of ether oxygens (including phenoxy) is 2. The Bertz CT molecular complexity index is 493. The average molecular weight is 319 g/mol. The number of methoxy groups -OCH3 is 1. The molecule has 0 unspecified atom stereocenters. The van der Waals surface area contributed by atoms with Crippen LogP contribution in [0.1, 0.15) is 12.8 Å². The summed E-state index contributed by atoms with van der Waals surface area (Å²) in [6.07, 6.45) is 2.48. The van der Waals surface area contributed by atoms with E-state index in [9.17, 15) is 9.59 Å². The van der Waals surface area contributed by atoms with E-state index in [4.69, 9.17) is 10.5 Å². The van der Waals surface area contributed by atoms with Crippen molar-refractivity contribution in [3.05, 3.63) is 12.3 Å². The summed E-state index contributed by atoms with van der Waals surface area (Å²) in [7, 11) is 1.31. The van der Waals surface area contributed by atoms with Crippen LogP contribution >= 0.6 is 12.4 Å². The summed E-state index contributed by atoms with van der Waals surface area (Å²) >= 11 is 0. The molecule has 1 aliphatic heterocycles. The highest BCUT2D eigenvalue weighted by atomic mass is 35.5. The van der Waals surface area contributed by atoms with E-state index in [1.807, 2.05) is 0 Å². The molecule has 0 spiro atoms. The van der Waals surface area contributed by atoms with Crippen LogP contribution in [-0.2, 0) is 25.6 Å². The third kappa shape index (κ3) is 4.69. The van der Waals surface area contributed by atoms with Gasteiger partial charge in [-0.2, -0.15) is 5.10 Å². The number of nitrogens with two attached hydrogens (primary N) is 1. The van der Waals surface area contributed by atoms with Crippen LogP contribution in [0.5, 0.6) is 0 Å². The maximum absolute atomic E-state index is 11.9. The maximum Gasteiger partial charge on any atom is 0.327 e. The first kappa shape index (κ1) is 17.4. The number of hydrogen-bond donors (Lipinski definition) is 2. The number of esters is 1. The minimum Gasteiger partial charge on any atom is -0.468 e. The van der Waals surface area contributed by atoms with E-state index in [2.05, 4.69) is 15.2 Å². The third-order valence-electron chi connectivity index (χ3n) is 3.07. The molecule has 0 radical (unpaired) electrons. The number of amides is 1. The molecule has 1 aromatic rings. The van der Waals surface area contributed by atoms with Crippen molar-refractivity contribution in [2.24, 2.45) is 5.73 Å². The van der Waals surface area contributed by atoms with Crippen LogP contribution in [0, 0.1) is 0 Å². The lowest BCUT2D eigenvalue weighted by Crippen LogP contribution is -2.30. The summed E-state index contributed by atoms with van der Waals surface area (Å²) < 4.78 is 11.4. The minimum absolute atomic E-state index is 0. The zero-order valence-corrected chi connectivity index (χ0v) is 12.5. The average Bonchev–Trinajstić information content (AvgIpc) is 3.07. The van der Waals surface area contributed by atoms with Crippen LogP contribution in [0.25, 0.3) is 0 Å². The Balaban J connectivity index is 0.00000220. The molecule has 3 N–H and O–H groups in total. The fraction of sp³-hybridized carbons (Fsp3) is 0.583. The SMILES string of the molecule is COC(=O)Cn1ccc(NC(=O)[C@@H]2CC[C@H](CN)O2)n1.Cl. The fourth-order valence-electron chi connectivity index (χ4n) is 1.99. The Labute approximate surface area is 128 Å². The van der Waals surface area contributed by atoms with Crippen LogP contribution in [0.2, 0.25) is 0 Å². The van der Waals surface area contributed by atoms with Crippen LogP contribution in [0.15, 0.2) is 12.3 Å². The van der Waals surface area contributed by atoms with Gasteiger partial charge in [-0.05, 0) is 12.8 Å². The van der Waals surface area contributed by atoms with E-state index in [0.29, 0.717) is 18.8 Å². The van der Waals surface area contributed by atoms with Gasteiger partial charge in [0, 0.05) is 18.8 Å². The van der Waals surface area contributed by atoms with Gasteiger partial charge in [-0.3, -0.25) is 14.3 Å². The third-order valence-corrected chi connectivity index (χ3v) is 3.07. The van der Waals surface area contributed by atoms with Gasteiger partial charge >= 0.3 is 5.97 Å². The molecule has 0 saturated carbocycles. The van der Waals surface area contributed by atoms with Crippen molar-refractivity contribution in [2.75, 3.05) is 19.0 Å². The van der Waals surface area contributed by atoms with E-state index in [-0.39, 0.29) is 31.0 Å². The first-order valence-electron chi connectivity index (χ1n) is 6.39. The largest absolute Gasteiger partial charge is 0.468 e. The first-order chi connectivity index (χ1) is 9.62. The van der Waals surface area contributed by atoms with Gasteiger partial charge in [0.15, 0.2) is 5.82 Å². The van der Waals surface area contributed by atoms with Crippen molar-refractivity contribution in [1.82, 2.24) is 9.78 Å². The highest BCUT2D eigenvalue weighted by molar-refractivity contribution is 5.93. The smallest absolute Gasteiger partial charge is 0.327 e. The van der Waals surface area contributed by atoms with E-state index in [1.54, 1.807) is 12.3 Å². The standard InChI is InChI=1S/C12H18N4O4.ClH/c1-19-11(17)7-16-5-4-10(15-16)14-12(18)9-3-2-8(6-13)20-9;/h4-5,8-9H,2-3,6-7,13H2,1H3,(H,14,15,18);1H/t8-,9+;/m1./s1. The highest BCUT2D eigenvalue weighted by Gasteiger charge is 2.30. The molecule has 2 heterocycles. The van der Waals surface area contributed by atoms with Gasteiger partial charge in [-0.25, -0.2) is 0 Å². The Morgan fingerprint density at radius 2 is 2.33 bits per heavy atom. The molecular weight excluding hydrogens is 300 g/mol. The van der Waals surface area contributed by atoms with Crippen molar-refractivity contribution < 1.29 is 19.1 Å². The molecule has 0 bridgehead atoms. The van der Waals surface area contributed by atoms with Crippen molar-refractivity contribution >= 4 is 30.1 Å². The van der Waals surface area contributed by atoms with E-state index < -0.39 is 12.1 Å². The number of nitrogens with zero attached hydrogens (tertiary/aromatic N) is 2. The van der Waals surface area contributed by atoms with Gasteiger partial charge in [0.2, 0.25) is 0 Å². The topological polar surface area (TPSA) is 108 Å². The minimum atomic E-state index is -0.491. The Morgan fingerprint density at radius 1 is 1.57 bits per heavy atom. The molecule has 0 aromatic carbocycles. The van der Waals surface area contributed by atoms with Gasteiger partial charge < -0.3 is 20.5 Å². The number of hydrogen-bond acceptors (Lipinski definition) is 6. The van der Waals surface area contributed by atoms with Gasteiger partial charge in [0.25, 0.3) is 5.91 Å². The normalized spacial score (nSPS) is 20.7. The van der Waals surface area contributed by atoms with Gasteiger partial charge in [-0.1, -0.05) is 0 Å². The summed E-state index contributed by atoms with van der Waals surface area (Å²) in [6.45, 7) is 0.416.